The Kier molecular flexibility index (Phi) is 9.58. The smallest absolute Gasteiger partial charge is 0.326 e. The first kappa shape index (κ1) is 26.9. The first-order valence-electron chi connectivity index (χ1n) is 12.2. The minimum Gasteiger partial charge on any atom is -0.328 e. The van der Waals surface area contributed by atoms with Crippen LogP contribution in [0.15, 0.2) is 60.7 Å². The molecule has 5 amide bonds. The van der Waals surface area contributed by atoms with Crippen LogP contribution in [0.3, 0.4) is 0 Å². The van der Waals surface area contributed by atoms with Gasteiger partial charge in [-0.15, -0.1) is 0 Å². The monoisotopic (exact) mass is 494 g/mol. The van der Waals surface area contributed by atoms with Gasteiger partial charge in [-0.1, -0.05) is 74.5 Å². The van der Waals surface area contributed by atoms with Crippen molar-refractivity contribution in [3.8, 4) is 0 Å². The van der Waals surface area contributed by atoms with Crippen LogP contribution < -0.4 is 16.1 Å². The molecule has 0 radical (unpaired) electrons. The van der Waals surface area contributed by atoms with E-state index < -0.39 is 41.8 Å². The van der Waals surface area contributed by atoms with E-state index in [0.29, 0.717) is 19.3 Å². The summed E-state index contributed by atoms with van der Waals surface area (Å²) in [6.07, 6.45) is 0.899. The Labute approximate surface area is 211 Å². The topological polar surface area (TPSA) is 128 Å². The van der Waals surface area contributed by atoms with Gasteiger partial charge in [0.25, 0.3) is 5.91 Å². The number of aryl methyl sites for hydroxylation is 1. The van der Waals surface area contributed by atoms with Gasteiger partial charge in [0.05, 0.1) is 5.92 Å². The Hall–Kier alpha value is -3.72. The minimum atomic E-state index is -1.19. The molecule has 0 aliphatic carbocycles. The van der Waals surface area contributed by atoms with Crippen molar-refractivity contribution < 1.29 is 24.4 Å². The van der Waals surface area contributed by atoms with Crippen molar-refractivity contribution in [2.75, 3.05) is 0 Å². The van der Waals surface area contributed by atoms with Gasteiger partial charge in [0.1, 0.15) is 0 Å². The van der Waals surface area contributed by atoms with Gasteiger partial charge in [-0.25, -0.2) is 10.3 Å². The maximum absolute atomic E-state index is 13.5. The van der Waals surface area contributed by atoms with Crippen LogP contribution in [-0.4, -0.2) is 40.0 Å². The molecule has 3 rings (SSSR count). The molecular formula is C27H34N4O5. The number of urea groups is 1. The van der Waals surface area contributed by atoms with Crippen LogP contribution in [0.4, 0.5) is 4.79 Å². The van der Waals surface area contributed by atoms with E-state index in [0.717, 1.165) is 17.5 Å². The van der Waals surface area contributed by atoms with Crippen molar-refractivity contribution in [2.45, 2.75) is 52.2 Å². The number of imide groups is 1. The Morgan fingerprint density at radius 1 is 0.944 bits per heavy atom. The summed E-state index contributed by atoms with van der Waals surface area (Å²) in [7, 11) is 0. The van der Waals surface area contributed by atoms with E-state index in [2.05, 4.69) is 10.6 Å². The van der Waals surface area contributed by atoms with Gasteiger partial charge in [-0.3, -0.25) is 29.8 Å². The molecule has 9 nitrogen and oxygen atoms in total. The number of hydrogen-bond acceptors (Lipinski definition) is 5. The van der Waals surface area contributed by atoms with E-state index >= 15 is 0 Å². The Balaban J connectivity index is 1.76. The summed E-state index contributed by atoms with van der Waals surface area (Å²) in [5.41, 5.74) is 3.63. The van der Waals surface area contributed by atoms with Crippen molar-refractivity contribution >= 4 is 23.8 Å². The van der Waals surface area contributed by atoms with Crippen molar-refractivity contribution in [3.63, 3.8) is 0 Å². The van der Waals surface area contributed by atoms with Gasteiger partial charge < -0.3 is 5.32 Å². The van der Waals surface area contributed by atoms with Crippen molar-refractivity contribution in [1.82, 2.24) is 21.0 Å². The number of hydrogen-bond donors (Lipinski definition) is 4. The average Bonchev–Trinajstić information content (AvgIpc) is 3.13. The van der Waals surface area contributed by atoms with Crippen LogP contribution in [0.1, 0.15) is 44.2 Å². The lowest BCUT2D eigenvalue weighted by Gasteiger charge is -2.29. The van der Waals surface area contributed by atoms with Crippen molar-refractivity contribution in [1.29, 1.82) is 0 Å². The van der Waals surface area contributed by atoms with Gasteiger partial charge in [0, 0.05) is 12.5 Å². The third-order valence-electron chi connectivity index (χ3n) is 6.34. The van der Waals surface area contributed by atoms with Crippen LogP contribution in [-0.2, 0) is 27.3 Å². The van der Waals surface area contributed by atoms with Crippen LogP contribution in [0.2, 0.25) is 0 Å². The highest BCUT2D eigenvalue weighted by Gasteiger charge is 2.42. The fourth-order valence-electron chi connectivity index (χ4n) is 4.56. The highest BCUT2D eigenvalue weighted by molar-refractivity contribution is 6.05. The normalized spacial score (nSPS) is 17.0. The Morgan fingerprint density at radius 3 is 2.14 bits per heavy atom. The van der Waals surface area contributed by atoms with E-state index in [1.165, 1.54) is 4.90 Å². The summed E-state index contributed by atoms with van der Waals surface area (Å²) in [6, 6.07) is 18.4. The van der Waals surface area contributed by atoms with E-state index in [4.69, 9.17) is 0 Å². The summed E-state index contributed by atoms with van der Waals surface area (Å²) < 4.78 is 0. The number of amides is 5. The molecule has 0 aromatic heterocycles. The van der Waals surface area contributed by atoms with E-state index in [1.54, 1.807) is 5.48 Å². The second-order valence-corrected chi connectivity index (χ2v) is 9.52. The molecule has 192 valence electrons. The first-order valence-corrected chi connectivity index (χ1v) is 12.2. The molecule has 1 fully saturated rings. The molecular weight excluding hydrogens is 460 g/mol. The molecule has 2 aromatic rings. The maximum atomic E-state index is 13.5. The molecule has 36 heavy (non-hydrogen) atoms. The lowest BCUT2D eigenvalue weighted by Crippen LogP contribution is -2.52. The van der Waals surface area contributed by atoms with Gasteiger partial charge >= 0.3 is 6.03 Å². The summed E-state index contributed by atoms with van der Waals surface area (Å²) in [5.74, 6) is -3.30. The fourth-order valence-corrected chi connectivity index (χ4v) is 4.56. The SMILES string of the molecule is CC(C)C[C@@H](C(=O)NC1C(=O)NC(=O)N1Cc1ccccc1)[C@H](CCCc1ccccc1)C(=O)NO. The highest BCUT2D eigenvalue weighted by Crippen LogP contribution is 2.27. The number of nitrogens with one attached hydrogen (secondary N) is 3. The van der Waals surface area contributed by atoms with Gasteiger partial charge in [-0.05, 0) is 42.7 Å². The number of hydroxylamine groups is 1. The van der Waals surface area contributed by atoms with Crippen molar-refractivity contribution in [3.05, 3.63) is 71.8 Å². The zero-order valence-electron chi connectivity index (χ0n) is 20.6. The summed E-state index contributed by atoms with van der Waals surface area (Å²) in [4.78, 5) is 52.4. The van der Waals surface area contributed by atoms with Crippen molar-refractivity contribution in [2.24, 2.45) is 17.8 Å². The molecule has 1 saturated heterocycles. The predicted octanol–water partition coefficient (Wildman–Crippen LogP) is 2.99. The molecule has 9 heteroatoms. The average molecular weight is 495 g/mol. The summed E-state index contributed by atoms with van der Waals surface area (Å²) in [6.45, 7) is 4.01. The van der Waals surface area contributed by atoms with E-state index in [9.17, 15) is 24.4 Å². The second-order valence-electron chi connectivity index (χ2n) is 9.52. The minimum absolute atomic E-state index is 0.0725. The maximum Gasteiger partial charge on any atom is 0.326 e. The first-order chi connectivity index (χ1) is 17.3. The van der Waals surface area contributed by atoms with Crippen LogP contribution in [0.25, 0.3) is 0 Å². The standard InChI is InChI=1S/C27H34N4O5/c1-18(2)16-22(21(25(33)30-36)15-9-14-19-10-5-3-6-11-19)24(32)28-23-26(34)29-27(35)31(23)17-20-12-7-4-8-13-20/h3-8,10-13,18,21-23,36H,9,14-17H2,1-2H3,(H,28,32)(H,30,33)(H,29,34,35)/t21-,22+,23?/m0/s1. The molecule has 0 bridgehead atoms. The zero-order chi connectivity index (χ0) is 26.1. The van der Waals surface area contributed by atoms with Crippen LogP contribution >= 0.6 is 0 Å². The van der Waals surface area contributed by atoms with E-state index in [1.807, 2.05) is 74.5 Å². The van der Waals surface area contributed by atoms with Gasteiger partial charge in [0.15, 0.2) is 6.17 Å². The number of carbonyl (C=O) groups is 4. The third-order valence-corrected chi connectivity index (χ3v) is 6.34. The third kappa shape index (κ3) is 7.14. The molecule has 1 aliphatic rings. The molecule has 1 unspecified atom stereocenters. The van der Waals surface area contributed by atoms with Crippen LogP contribution in [0.5, 0.6) is 0 Å². The molecule has 1 aliphatic heterocycles. The molecule has 2 aromatic carbocycles. The number of carbonyl (C=O) groups excluding carboxylic acids is 4. The number of benzene rings is 2. The summed E-state index contributed by atoms with van der Waals surface area (Å²) in [5, 5.41) is 14.4. The lowest BCUT2D eigenvalue weighted by molar-refractivity contribution is -0.142. The fraction of sp³-hybridized carbons (Fsp3) is 0.407. The van der Waals surface area contributed by atoms with E-state index in [-0.39, 0.29) is 12.5 Å². The second kappa shape index (κ2) is 12.8. The quantitative estimate of drug-likeness (QED) is 0.205. The molecule has 4 N–H and O–H groups in total. The van der Waals surface area contributed by atoms with Gasteiger partial charge in [-0.2, -0.15) is 0 Å². The molecule has 0 saturated carbocycles. The highest BCUT2D eigenvalue weighted by atomic mass is 16.5. The molecule has 3 atom stereocenters. The Bertz CT molecular complexity index is 1040. The molecule has 1 heterocycles. The number of rotatable bonds is 12. The Morgan fingerprint density at radius 2 is 1.56 bits per heavy atom. The number of nitrogens with zero attached hydrogens (tertiary/aromatic N) is 1. The lowest BCUT2D eigenvalue weighted by atomic mass is 9.81. The zero-order valence-corrected chi connectivity index (χ0v) is 20.6. The van der Waals surface area contributed by atoms with Crippen LogP contribution in [0, 0.1) is 17.8 Å². The summed E-state index contributed by atoms with van der Waals surface area (Å²) >= 11 is 0. The predicted molar refractivity (Wildman–Crippen MR) is 133 cm³/mol. The molecule has 0 spiro atoms. The largest absolute Gasteiger partial charge is 0.328 e. The van der Waals surface area contributed by atoms with Gasteiger partial charge in [0.2, 0.25) is 11.8 Å².